The van der Waals surface area contributed by atoms with Gasteiger partial charge in [0.25, 0.3) is 5.91 Å². The number of rotatable bonds is 10. The predicted octanol–water partition coefficient (Wildman–Crippen LogP) is 5.73. The van der Waals surface area contributed by atoms with Gasteiger partial charge in [0.2, 0.25) is 0 Å². The molecule has 3 aromatic carbocycles. The molecule has 0 aliphatic heterocycles. The third-order valence-corrected chi connectivity index (χ3v) is 7.03. The largest absolute Gasteiger partial charge is 0.508 e. The number of ether oxygens (including phenoxy) is 1. The van der Waals surface area contributed by atoms with E-state index in [0.29, 0.717) is 41.0 Å². The summed E-state index contributed by atoms with van der Waals surface area (Å²) in [7, 11) is 1.57. The Morgan fingerprint density at radius 1 is 1.12 bits per heavy atom. The van der Waals surface area contributed by atoms with Crippen molar-refractivity contribution < 1.29 is 23.4 Å². The second-order valence-corrected chi connectivity index (χ2v) is 10.3. The lowest BCUT2D eigenvalue weighted by molar-refractivity contribution is 0.0587. The summed E-state index contributed by atoms with van der Waals surface area (Å²) in [4.78, 5) is 29.5. The SMILES string of the molecule is COc1cccc(Cc2c(C(C(C)C)N(CCCN)C(=O)c3ccc(C)c(F)c3)oc3cc(O)ccc3c2=O)c1. The van der Waals surface area contributed by atoms with Crippen LogP contribution in [0, 0.1) is 18.7 Å². The molecule has 3 N–H and O–H groups in total. The van der Waals surface area contributed by atoms with E-state index in [0.717, 1.165) is 5.56 Å². The Kier molecular flexibility index (Phi) is 8.90. The van der Waals surface area contributed by atoms with Gasteiger partial charge in [0, 0.05) is 30.2 Å². The zero-order chi connectivity index (χ0) is 29.0. The van der Waals surface area contributed by atoms with Gasteiger partial charge in [-0.25, -0.2) is 4.39 Å². The fraction of sp³-hybridized carbons (Fsp3) is 0.312. The van der Waals surface area contributed by atoms with Crippen LogP contribution in [0.15, 0.2) is 69.9 Å². The van der Waals surface area contributed by atoms with Crippen LogP contribution >= 0.6 is 0 Å². The van der Waals surface area contributed by atoms with E-state index < -0.39 is 17.8 Å². The molecule has 0 fully saturated rings. The molecule has 1 amide bonds. The van der Waals surface area contributed by atoms with E-state index in [1.54, 1.807) is 31.1 Å². The highest BCUT2D eigenvalue weighted by Crippen LogP contribution is 2.35. The third kappa shape index (κ3) is 6.02. The average Bonchev–Trinajstić information content (AvgIpc) is 2.93. The van der Waals surface area contributed by atoms with Crippen molar-refractivity contribution >= 4 is 16.9 Å². The van der Waals surface area contributed by atoms with Gasteiger partial charge in [0.15, 0.2) is 5.43 Å². The predicted molar refractivity (Wildman–Crippen MR) is 153 cm³/mol. The molecular formula is C32H35FN2O5. The Morgan fingerprint density at radius 3 is 2.58 bits per heavy atom. The van der Waals surface area contributed by atoms with Gasteiger partial charge in [-0.15, -0.1) is 0 Å². The van der Waals surface area contributed by atoms with Crippen molar-refractivity contribution in [2.75, 3.05) is 20.2 Å². The lowest BCUT2D eigenvalue weighted by Crippen LogP contribution is -2.40. The molecule has 40 heavy (non-hydrogen) atoms. The molecule has 0 spiro atoms. The Labute approximate surface area is 233 Å². The van der Waals surface area contributed by atoms with E-state index in [1.165, 1.54) is 24.3 Å². The molecule has 4 aromatic rings. The number of hydrogen-bond donors (Lipinski definition) is 2. The molecule has 210 valence electrons. The summed E-state index contributed by atoms with van der Waals surface area (Å²) < 4.78 is 26.3. The number of aromatic hydroxyl groups is 1. The van der Waals surface area contributed by atoms with Crippen LogP contribution in [-0.2, 0) is 6.42 Å². The van der Waals surface area contributed by atoms with E-state index in [9.17, 15) is 19.1 Å². The number of phenols is 1. The number of amides is 1. The number of carbonyl (C=O) groups excluding carboxylic acids is 1. The quantitative estimate of drug-likeness (QED) is 0.263. The van der Waals surface area contributed by atoms with Gasteiger partial charge in [0.1, 0.15) is 28.7 Å². The zero-order valence-electron chi connectivity index (χ0n) is 23.2. The van der Waals surface area contributed by atoms with Crippen LogP contribution < -0.4 is 15.9 Å². The normalized spacial score (nSPS) is 12.1. The van der Waals surface area contributed by atoms with E-state index in [1.807, 2.05) is 38.1 Å². The summed E-state index contributed by atoms with van der Waals surface area (Å²) in [5.74, 6) is -0.141. The molecule has 0 saturated carbocycles. The van der Waals surface area contributed by atoms with Crippen molar-refractivity contribution in [2.45, 2.75) is 39.7 Å². The number of methoxy groups -OCH3 is 1. The van der Waals surface area contributed by atoms with Crippen molar-refractivity contribution in [3.63, 3.8) is 0 Å². The Hall–Kier alpha value is -4.17. The van der Waals surface area contributed by atoms with Crippen molar-refractivity contribution in [1.82, 2.24) is 4.90 Å². The van der Waals surface area contributed by atoms with Crippen LogP contribution in [-0.4, -0.2) is 36.1 Å². The number of halogens is 1. The van der Waals surface area contributed by atoms with Crippen molar-refractivity contribution in [3.05, 3.63) is 105 Å². The lowest BCUT2D eigenvalue weighted by atomic mass is 9.91. The van der Waals surface area contributed by atoms with Gasteiger partial charge in [-0.1, -0.05) is 32.0 Å². The zero-order valence-corrected chi connectivity index (χ0v) is 23.2. The minimum absolute atomic E-state index is 0.0468. The highest BCUT2D eigenvalue weighted by Gasteiger charge is 2.34. The fourth-order valence-electron chi connectivity index (χ4n) is 4.95. The fourth-order valence-corrected chi connectivity index (χ4v) is 4.95. The monoisotopic (exact) mass is 546 g/mol. The Bertz CT molecular complexity index is 1580. The molecule has 1 atom stereocenters. The molecule has 1 unspecified atom stereocenters. The molecular weight excluding hydrogens is 511 g/mol. The average molecular weight is 547 g/mol. The third-order valence-electron chi connectivity index (χ3n) is 7.03. The molecule has 4 rings (SSSR count). The van der Waals surface area contributed by atoms with Crippen LogP contribution in [0.5, 0.6) is 11.5 Å². The number of phenolic OH excluding ortho intramolecular Hbond substituents is 1. The Balaban J connectivity index is 1.94. The summed E-state index contributed by atoms with van der Waals surface area (Å²) in [5, 5.41) is 10.5. The number of fused-ring (bicyclic) bond motifs is 1. The molecule has 7 nitrogen and oxygen atoms in total. The maximum absolute atomic E-state index is 14.5. The standard InChI is InChI=1S/C32H35FN2O5/c1-19(2)29(35(14-6-13-34)32(38)22-10-9-20(3)27(33)17-22)31-26(16-21-7-5-8-24(15-21)39-4)30(37)25-12-11-23(36)18-28(25)40-31/h5,7-12,15,17-19,29,36H,6,13-14,16,34H2,1-4H3. The number of benzene rings is 3. The summed E-state index contributed by atoms with van der Waals surface area (Å²) in [6, 6.07) is 15.5. The van der Waals surface area contributed by atoms with Crippen LogP contribution in [0.3, 0.4) is 0 Å². The number of hydrogen-bond acceptors (Lipinski definition) is 6. The minimum atomic E-state index is -0.677. The number of nitrogens with two attached hydrogens (primary N) is 1. The van der Waals surface area contributed by atoms with Crippen LogP contribution in [0.1, 0.15) is 59.1 Å². The van der Waals surface area contributed by atoms with E-state index >= 15 is 0 Å². The van der Waals surface area contributed by atoms with E-state index in [2.05, 4.69) is 0 Å². The first-order valence-electron chi connectivity index (χ1n) is 13.3. The summed E-state index contributed by atoms with van der Waals surface area (Å²) in [5.41, 5.74) is 7.65. The molecule has 0 aliphatic carbocycles. The summed E-state index contributed by atoms with van der Waals surface area (Å²) >= 11 is 0. The second-order valence-electron chi connectivity index (χ2n) is 10.3. The Morgan fingerprint density at radius 2 is 1.90 bits per heavy atom. The molecule has 0 saturated heterocycles. The second kappa shape index (κ2) is 12.3. The van der Waals surface area contributed by atoms with Gasteiger partial charge >= 0.3 is 0 Å². The smallest absolute Gasteiger partial charge is 0.254 e. The molecule has 1 heterocycles. The first-order valence-corrected chi connectivity index (χ1v) is 13.3. The molecule has 8 heteroatoms. The van der Waals surface area contributed by atoms with Crippen LogP contribution in [0.25, 0.3) is 11.0 Å². The van der Waals surface area contributed by atoms with Gasteiger partial charge in [-0.2, -0.15) is 0 Å². The summed E-state index contributed by atoms with van der Waals surface area (Å²) in [6.07, 6.45) is 0.722. The van der Waals surface area contributed by atoms with Gasteiger partial charge in [0.05, 0.1) is 18.5 Å². The molecule has 0 bridgehead atoms. The minimum Gasteiger partial charge on any atom is -0.508 e. The maximum Gasteiger partial charge on any atom is 0.254 e. The van der Waals surface area contributed by atoms with Crippen molar-refractivity contribution in [1.29, 1.82) is 0 Å². The van der Waals surface area contributed by atoms with Crippen LogP contribution in [0.2, 0.25) is 0 Å². The van der Waals surface area contributed by atoms with Crippen molar-refractivity contribution in [3.8, 4) is 11.5 Å². The van der Waals surface area contributed by atoms with Crippen LogP contribution in [0.4, 0.5) is 4.39 Å². The highest BCUT2D eigenvalue weighted by molar-refractivity contribution is 5.94. The van der Waals surface area contributed by atoms with Gasteiger partial charge < -0.3 is 24.9 Å². The molecule has 1 aromatic heterocycles. The van der Waals surface area contributed by atoms with E-state index in [4.69, 9.17) is 14.9 Å². The summed E-state index contributed by atoms with van der Waals surface area (Å²) in [6.45, 7) is 6.12. The van der Waals surface area contributed by atoms with Gasteiger partial charge in [-0.05, 0) is 73.3 Å². The van der Waals surface area contributed by atoms with Gasteiger partial charge in [-0.3, -0.25) is 9.59 Å². The topological polar surface area (TPSA) is 106 Å². The maximum atomic E-state index is 14.5. The van der Waals surface area contributed by atoms with Crippen molar-refractivity contribution in [2.24, 2.45) is 11.7 Å². The van der Waals surface area contributed by atoms with E-state index in [-0.39, 0.29) is 41.2 Å². The number of carbonyl (C=O) groups is 1. The molecule has 0 aliphatic rings. The lowest BCUT2D eigenvalue weighted by Gasteiger charge is -2.35. The number of aryl methyl sites for hydroxylation is 1. The molecule has 0 radical (unpaired) electrons. The first kappa shape index (κ1) is 28.8. The highest BCUT2D eigenvalue weighted by atomic mass is 19.1. The number of nitrogens with zero attached hydrogens (tertiary/aromatic N) is 1. The first-order chi connectivity index (χ1) is 19.1.